The lowest BCUT2D eigenvalue weighted by Crippen LogP contribution is -1.86. The van der Waals surface area contributed by atoms with Gasteiger partial charge >= 0.3 is 15.7 Å². The highest BCUT2D eigenvalue weighted by Gasteiger charge is 2.32. The molecule has 0 aromatic heterocycles. The van der Waals surface area contributed by atoms with E-state index in [9.17, 15) is 13.3 Å². The molecule has 2 N–H and O–H groups in total. The summed E-state index contributed by atoms with van der Waals surface area (Å²) in [6.45, 7) is 0. The highest BCUT2D eigenvalue weighted by molar-refractivity contribution is 7.61. The summed E-state index contributed by atoms with van der Waals surface area (Å²) in [7, 11) is -9.39. The van der Waals surface area contributed by atoms with Crippen LogP contribution in [0.15, 0.2) is 0 Å². The van der Waals surface area contributed by atoms with Gasteiger partial charge in [0.05, 0.1) is 0 Å². The topological polar surface area (TPSA) is 93.1 Å². The Morgan fingerprint density at radius 3 is 1.90 bits per heavy atom. The molecule has 0 amide bonds. The zero-order chi connectivity index (χ0) is 8.41. The molecule has 6 nitrogen and oxygen atoms in total. The summed E-state index contributed by atoms with van der Waals surface area (Å²) in [6, 6.07) is 0. The van der Waals surface area contributed by atoms with Crippen molar-refractivity contribution >= 4 is 15.7 Å². The molecule has 10 heavy (non-hydrogen) atoms. The molecule has 0 saturated carbocycles. The fraction of sp³-hybridized carbons (Fsp3) is 1.00. The smallest absolute Gasteiger partial charge is 0.302 e. The first-order valence-corrected chi connectivity index (χ1v) is 4.85. The minimum Gasteiger partial charge on any atom is -0.302 e. The van der Waals surface area contributed by atoms with Crippen molar-refractivity contribution in [3.63, 3.8) is 0 Å². The fourth-order valence-electron chi connectivity index (χ4n) is 0.161. The maximum absolute atomic E-state index is 11.5. The van der Waals surface area contributed by atoms with Gasteiger partial charge in [-0.2, -0.15) is 4.31 Å². The number of hydrogen-bond donors (Lipinski definition) is 2. The van der Waals surface area contributed by atoms with E-state index >= 15 is 0 Å². The molecule has 2 atom stereocenters. The molecule has 0 rings (SSSR count). The Balaban J connectivity index is 4.17. The molecule has 0 fully saturated rings. The van der Waals surface area contributed by atoms with Gasteiger partial charge in [0, 0.05) is 7.11 Å². The van der Waals surface area contributed by atoms with Crippen LogP contribution in [0.5, 0.6) is 0 Å². The van der Waals surface area contributed by atoms with Crippen LogP contribution in [0.25, 0.3) is 0 Å². The summed E-state index contributed by atoms with van der Waals surface area (Å²) in [5.41, 5.74) is 0. The average molecular weight is 194 g/mol. The van der Waals surface area contributed by atoms with Crippen LogP contribution in [-0.2, 0) is 18.0 Å². The Hall–Kier alpha value is 0.230. The van der Waals surface area contributed by atoms with E-state index in [0.29, 0.717) is 0 Å². The summed E-state index contributed by atoms with van der Waals surface area (Å²) in [6.07, 6.45) is 0. The molecule has 0 aliphatic carbocycles. The second-order valence-electron chi connectivity index (χ2n) is 1.18. The van der Waals surface area contributed by atoms with Gasteiger partial charge in [-0.1, -0.05) is 0 Å². The van der Waals surface area contributed by atoms with E-state index in [4.69, 9.17) is 9.79 Å². The first-order valence-electron chi connectivity index (χ1n) is 1.89. The predicted octanol–water partition coefficient (Wildman–Crippen LogP) is 0.820. The van der Waals surface area contributed by atoms with Crippen LogP contribution in [0.4, 0.5) is 4.20 Å². The summed E-state index contributed by atoms with van der Waals surface area (Å²) >= 11 is 0. The predicted molar refractivity (Wildman–Crippen MR) is 28.9 cm³/mol. The Morgan fingerprint density at radius 1 is 1.40 bits per heavy atom. The molecule has 0 aromatic rings. The van der Waals surface area contributed by atoms with E-state index in [-0.39, 0.29) is 0 Å². The Morgan fingerprint density at radius 2 is 1.80 bits per heavy atom. The minimum absolute atomic E-state index is 0.733. The van der Waals surface area contributed by atoms with Crippen LogP contribution in [0.2, 0.25) is 0 Å². The van der Waals surface area contributed by atoms with Gasteiger partial charge in [-0.15, -0.1) is 4.20 Å². The van der Waals surface area contributed by atoms with Crippen molar-refractivity contribution in [1.29, 1.82) is 0 Å². The van der Waals surface area contributed by atoms with Crippen LogP contribution < -0.4 is 0 Å². The minimum atomic E-state index is -5.44. The third kappa shape index (κ3) is 5.05. The van der Waals surface area contributed by atoms with Crippen LogP contribution in [-0.4, -0.2) is 16.9 Å². The van der Waals surface area contributed by atoms with Gasteiger partial charge in [-0.05, 0) is 0 Å². The molecule has 62 valence electrons. The summed E-state index contributed by atoms with van der Waals surface area (Å²) in [4.78, 5) is 15.9. The first-order chi connectivity index (χ1) is 4.27. The van der Waals surface area contributed by atoms with Crippen molar-refractivity contribution in [2.75, 3.05) is 7.11 Å². The van der Waals surface area contributed by atoms with Gasteiger partial charge in [-0.25, -0.2) is 9.13 Å². The molecule has 0 aliphatic rings. The molecule has 0 aliphatic heterocycles. The van der Waals surface area contributed by atoms with Crippen LogP contribution in [0, 0.1) is 0 Å². The Labute approximate surface area is 55.9 Å². The maximum Gasteiger partial charge on any atom is 0.519 e. The molecule has 9 heteroatoms. The summed E-state index contributed by atoms with van der Waals surface area (Å²) in [5, 5.41) is 0. The molecule has 0 bridgehead atoms. The first kappa shape index (κ1) is 10.2. The van der Waals surface area contributed by atoms with E-state index in [0.717, 1.165) is 7.11 Å². The van der Waals surface area contributed by atoms with Gasteiger partial charge in [0.2, 0.25) is 0 Å². The van der Waals surface area contributed by atoms with Crippen molar-refractivity contribution in [3.8, 4) is 0 Å². The molecule has 0 aromatic carbocycles. The molecular weight excluding hydrogens is 189 g/mol. The maximum atomic E-state index is 11.5. The highest BCUT2D eigenvalue weighted by atomic mass is 31.3. The second-order valence-corrected chi connectivity index (χ2v) is 4.04. The van der Waals surface area contributed by atoms with Crippen LogP contribution >= 0.6 is 15.7 Å². The average Bonchev–Trinajstić information content (AvgIpc) is 1.60. The molecule has 0 radical (unpaired) electrons. The fourth-order valence-corrected chi connectivity index (χ4v) is 1.45. The van der Waals surface area contributed by atoms with Crippen molar-refractivity contribution < 1.29 is 31.9 Å². The van der Waals surface area contributed by atoms with Gasteiger partial charge in [0.25, 0.3) is 0 Å². The number of halogens is 1. The van der Waals surface area contributed by atoms with Crippen LogP contribution in [0.1, 0.15) is 0 Å². The molecular formula is CH5FO6P2. The lowest BCUT2D eigenvalue weighted by atomic mass is 11.8. The van der Waals surface area contributed by atoms with Crippen molar-refractivity contribution in [2.24, 2.45) is 0 Å². The number of phosphoric ester groups is 1. The Bertz CT molecular complexity index is 194. The quantitative estimate of drug-likeness (QED) is 0.646. The van der Waals surface area contributed by atoms with Gasteiger partial charge < -0.3 is 4.89 Å². The largest absolute Gasteiger partial charge is 0.519 e. The summed E-state index contributed by atoms with van der Waals surface area (Å²) < 4.78 is 38.1. The van der Waals surface area contributed by atoms with Gasteiger partial charge in [0.15, 0.2) is 0 Å². The van der Waals surface area contributed by atoms with Crippen LogP contribution in [0.3, 0.4) is 0 Å². The zero-order valence-electron chi connectivity index (χ0n) is 4.80. The number of phosphoric acid groups is 1. The van der Waals surface area contributed by atoms with E-state index in [1.165, 1.54) is 0 Å². The SMILES string of the molecule is COP(=O)(O)OP(=O)(O)F. The van der Waals surface area contributed by atoms with Crippen molar-refractivity contribution in [3.05, 3.63) is 0 Å². The van der Waals surface area contributed by atoms with Gasteiger partial charge in [-0.3, -0.25) is 9.42 Å². The molecule has 0 spiro atoms. The van der Waals surface area contributed by atoms with Crippen molar-refractivity contribution in [1.82, 2.24) is 0 Å². The monoisotopic (exact) mass is 194 g/mol. The van der Waals surface area contributed by atoms with Gasteiger partial charge in [0.1, 0.15) is 0 Å². The van der Waals surface area contributed by atoms with E-state index < -0.39 is 15.7 Å². The highest BCUT2D eigenvalue weighted by Crippen LogP contribution is 2.60. The molecule has 0 saturated heterocycles. The second kappa shape index (κ2) is 3.09. The third-order valence-corrected chi connectivity index (χ3v) is 2.53. The molecule has 0 heterocycles. The van der Waals surface area contributed by atoms with E-state index in [1.807, 2.05) is 0 Å². The summed E-state index contributed by atoms with van der Waals surface area (Å²) in [5.74, 6) is 0. The third-order valence-electron chi connectivity index (χ3n) is 0.435. The number of rotatable bonds is 3. The van der Waals surface area contributed by atoms with E-state index in [2.05, 4.69) is 8.83 Å². The zero-order valence-corrected chi connectivity index (χ0v) is 6.59. The van der Waals surface area contributed by atoms with E-state index in [1.54, 1.807) is 0 Å². The lowest BCUT2D eigenvalue weighted by molar-refractivity contribution is 0.218. The lowest BCUT2D eigenvalue weighted by Gasteiger charge is -2.06. The standard InChI is InChI=1S/CH5FO6P2/c1-7-10(5,6)8-9(2,3)4/h1H3,(H,3,4)(H,5,6). The Kier molecular flexibility index (Phi) is 3.16. The number of hydrogen-bond acceptors (Lipinski definition) is 4. The molecule has 2 unspecified atom stereocenters. The normalized spacial score (nSPS) is 23.2. The van der Waals surface area contributed by atoms with Crippen molar-refractivity contribution in [2.45, 2.75) is 0 Å².